The molecule has 0 saturated carbocycles. The lowest BCUT2D eigenvalue weighted by Crippen LogP contribution is -2.54. The summed E-state index contributed by atoms with van der Waals surface area (Å²) in [5.41, 5.74) is -7.06. The lowest BCUT2D eigenvalue weighted by atomic mass is 9.92. The second-order valence-electron chi connectivity index (χ2n) is 5.13. The fourth-order valence-corrected chi connectivity index (χ4v) is 2.89. The van der Waals surface area contributed by atoms with Crippen molar-refractivity contribution in [2.75, 3.05) is 18.6 Å². The first-order valence-electron chi connectivity index (χ1n) is 6.53. The third-order valence-electron chi connectivity index (χ3n) is 3.42. The second kappa shape index (κ2) is 6.46. The van der Waals surface area contributed by atoms with Crippen LogP contribution in [0.1, 0.15) is 5.56 Å². The van der Waals surface area contributed by atoms with Crippen molar-refractivity contribution in [3.8, 4) is 0 Å². The summed E-state index contributed by atoms with van der Waals surface area (Å²) in [6.07, 6.45) is -12.2. The summed E-state index contributed by atoms with van der Waals surface area (Å²) in [7, 11) is 1.23. The van der Waals surface area contributed by atoms with Crippen molar-refractivity contribution in [3.63, 3.8) is 0 Å². The van der Waals surface area contributed by atoms with Gasteiger partial charge in [0.25, 0.3) is 17.5 Å². The van der Waals surface area contributed by atoms with E-state index in [1.807, 2.05) is 0 Å². The molecule has 13 heteroatoms. The van der Waals surface area contributed by atoms with E-state index in [1.165, 1.54) is 7.05 Å². The molecule has 0 spiro atoms. The molecule has 1 aliphatic rings. The van der Waals surface area contributed by atoms with Gasteiger partial charge in [-0.15, -0.1) is 0 Å². The van der Waals surface area contributed by atoms with Crippen LogP contribution in [0.4, 0.5) is 32.0 Å². The minimum atomic E-state index is -6.09. The Morgan fingerprint density at radius 3 is 1.92 bits per heavy atom. The highest BCUT2D eigenvalue weighted by Gasteiger charge is 2.71. The largest absolute Gasteiger partial charge is 0.454 e. The van der Waals surface area contributed by atoms with Gasteiger partial charge in [0.05, 0.1) is 15.7 Å². The highest BCUT2D eigenvalue weighted by Crippen LogP contribution is 2.52. The van der Waals surface area contributed by atoms with Gasteiger partial charge in [-0.2, -0.15) is 31.3 Å². The monoisotopic (exact) mass is 424 g/mol. The molecule has 0 radical (unpaired) electrons. The summed E-state index contributed by atoms with van der Waals surface area (Å²) in [4.78, 5) is 15.5. The molecule has 2 rings (SSSR count). The fourth-order valence-electron chi connectivity index (χ4n) is 2.15. The molecule has 1 N–H and O–H groups in total. The van der Waals surface area contributed by atoms with Gasteiger partial charge in [0.2, 0.25) is 0 Å². The zero-order chi connectivity index (χ0) is 20.1. The molecule has 0 saturated heterocycles. The highest BCUT2D eigenvalue weighted by atomic mass is 35.5. The van der Waals surface area contributed by atoms with Crippen molar-refractivity contribution in [1.29, 1.82) is 0 Å². The molecule has 0 fully saturated rings. The predicted molar refractivity (Wildman–Crippen MR) is 79.3 cm³/mol. The van der Waals surface area contributed by atoms with Crippen LogP contribution in [0.2, 0.25) is 10.0 Å². The van der Waals surface area contributed by atoms with Crippen molar-refractivity contribution in [2.24, 2.45) is 4.99 Å². The first-order valence-corrected chi connectivity index (χ1v) is 7.29. The second-order valence-corrected chi connectivity index (χ2v) is 5.94. The number of aliphatic imine (C=N–C) groups is 1. The molecule has 5 nitrogen and oxygen atoms in total. The van der Waals surface area contributed by atoms with Gasteiger partial charge in [-0.1, -0.05) is 23.2 Å². The van der Waals surface area contributed by atoms with E-state index < -0.39 is 46.1 Å². The van der Waals surface area contributed by atoms with Crippen molar-refractivity contribution in [3.05, 3.63) is 27.7 Å². The van der Waals surface area contributed by atoms with E-state index in [-0.39, 0.29) is 23.8 Å². The standard InChI is InChI=1S/C13H8Cl2F6N2O3/c1-23(10-22-8(24)4-26-10)9-6(14)2-5(3-7(9)15)11(25,12(16,17)18)13(19,20)21/h2-3,25H,4H2,1H3. The Hall–Kier alpha value is -1.72. The number of carbonyl (C=O) groups is 1. The quantitative estimate of drug-likeness (QED) is 0.736. The normalized spacial score (nSPS) is 15.8. The summed E-state index contributed by atoms with van der Waals surface area (Å²) in [6, 6.07) is 0.253. The van der Waals surface area contributed by atoms with Crippen LogP contribution in [0.25, 0.3) is 0 Å². The number of nitrogens with zero attached hydrogens (tertiary/aromatic N) is 2. The zero-order valence-corrected chi connectivity index (χ0v) is 14.1. The van der Waals surface area contributed by atoms with E-state index in [4.69, 9.17) is 27.9 Å². The summed E-state index contributed by atoms with van der Waals surface area (Å²) in [5.74, 6) is -0.653. The molecule has 1 aliphatic heterocycles. The van der Waals surface area contributed by atoms with Crippen molar-refractivity contribution in [2.45, 2.75) is 18.0 Å². The lowest BCUT2D eigenvalue weighted by molar-refractivity contribution is -0.376. The molecule has 144 valence electrons. The van der Waals surface area contributed by atoms with Gasteiger partial charge >= 0.3 is 12.4 Å². The Morgan fingerprint density at radius 2 is 1.58 bits per heavy atom. The number of alkyl halides is 6. The fraction of sp³-hybridized carbons (Fsp3) is 0.385. The van der Waals surface area contributed by atoms with E-state index in [1.54, 1.807) is 0 Å². The molecule has 1 aromatic rings. The van der Waals surface area contributed by atoms with E-state index >= 15 is 0 Å². The van der Waals surface area contributed by atoms with E-state index in [9.17, 15) is 36.2 Å². The Labute approximate surface area is 151 Å². The van der Waals surface area contributed by atoms with E-state index in [0.717, 1.165) is 4.90 Å². The number of rotatable bonds is 2. The van der Waals surface area contributed by atoms with Gasteiger partial charge in [-0.05, 0) is 12.1 Å². The van der Waals surface area contributed by atoms with Crippen LogP contribution in [-0.2, 0) is 15.1 Å². The van der Waals surface area contributed by atoms with Crippen LogP contribution in [-0.4, -0.2) is 43.0 Å². The molecule has 1 amide bonds. The van der Waals surface area contributed by atoms with Crippen molar-refractivity contribution >= 4 is 40.8 Å². The molecule has 0 bridgehead atoms. The molecule has 0 aromatic heterocycles. The topological polar surface area (TPSA) is 62.1 Å². The molecule has 1 heterocycles. The maximum atomic E-state index is 13.0. The number of amidine groups is 1. The van der Waals surface area contributed by atoms with Gasteiger partial charge < -0.3 is 9.84 Å². The van der Waals surface area contributed by atoms with Gasteiger partial charge in [0.15, 0.2) is 6.61 Å². The molecule has 1 aromatic carbocycles. The van der Waals surface area contributed by atoms with Crippen LogP contribution >= 0.6 is 23.2 Å². The highest BCUT2D eigenvalue weighted by molar-refractivity contribution is 6.40. The summed E-state index contributed by atoms with van der Waals surface area (Å²) < 4.78 is 82.6. The molecular weight excluding hydrogens is 417 g/mol. The number of carbonyl (C=O) groups excluding carboxylic acids is 1. The van der Waals surface area contributed by atoms with Crippen LogP contribution in [0, 0.1) is 0 Å². The van der Waals surface area contributed by atoms with Crippen LogP contribution in [0.5, 0.6) is 0 Å². The van der Waals surface area contributed by atoms with E-state index in [2.05, 4.69) is 4.99 Å². The molecule has 26 heavy (non-hydrogen) atoms. The minimum absolute atomic E-state index is 0.266. The van der Waals surface area contributed by atoms with Crippen LogP contribution < -0.4 is 4.90 Å². The SMILES string of the molecule is CN(C1=NC(=O)CO1)c1c(Cl)cc(C(O)(C(F)(F)F)C(F)(F)F)cc1Cl. The predicted octanol–water partition coefficient (Wildman–Crippen LogP) is 3.65. The first-order chi connectivity index (χ1) is 11.7. The van der Waals surface area contributed by atoms with Crippen LogP contribution in [0.15, 0.2) is 17.1 Å². The maximum Gasteiger partial charge on any atom is 0.430 e. The number of halogens is 8. The number of hydrogen-bond donors (Lipinski definition) is 1. The minimum Gasteiger partial charge on any atom is -0.454 e. The van der Waals surface area contributed by atoms with Gasteiger partial charge in [0.1, 0.15) is 0 Å². The van der Waals surface area contributed by atoms with Gasteiger partial charge in [-0.25, -0.2) is 0 Å². The third-order valence-corrected chi connectivity index (χ3v) is 4.00. The van der Waals surface area contributed by atoms with Crippen molar-refractivity contribution in [1.82, 2.24) is 0 Å². The maximum absolute atomic E-state index is 13.0. The first kappa shape index (κ1) is 20.6. The third kappa shape index (κ3) is 3.30. The summed E-state index contributed by atoms with van der Waals surface area (Å²) in [6.45, 7) is -0.394. The smallest absolute Gasteiger partial charge is 0.430 e. The summed E-state index contributed by atoms with van der Waals surface area (Å²) in [5, 5.41) is 8.09. The number of benzene rings is 1. The Morgan fingerprint density at radius 1 is 1.12 bits per heavy atom. The Bertz CT molecular complexity index is 741. The number of hydrogen-bond acceptors (Lipinski definition) is 4. The number of ether oxygens (including phenoxy) is 1. The Balaban J connectivity index is 2.59. The Kier molecular flexibility index (Phi) is 5.12. The molecule has 0 unspecified atom stereocenters. The number of aliphatic hydroxyl groups is 1. The zero-order valence-electron chi connectivity index (χ0n) is 12.5. The lowest BCUT2D eigenvalue weighted by Gasteiger charge is -2.33. The average Bonchev–Trinajstić information content (AvgIpc) is 2.89. The van der Waals surface area contributed by atoms with Gasteiger partial charge in [-0.3, -0.25) is 9.69 Å². The molecule has 0 aliphatic carbocycles. The molecular formula is C13H8Cl2F6N2O3. The molecule has 0 atom stereocenters. The number of anilines is 1. The number of amides is 1. The average molecular weight is 425 g/mol. The van der Waals surface area contributed by atoms with Crippen molar-refractivity contribution < 1.29 is 41.0 Å². The van der Waals surface area contributed by atoms with Crippen LogP contribution in [0.3, 0.4) is 0 Å². The van der Waals surface area contributed by atoms with E-state index in [0.29, 0.717) is 0 Å². The van der Waals surface area contributed by atoms with Gasteiger partial charge in [0, 0.05) is 12.6 Å². The summed E-state index contributed by atoms with van der Waals surface area (Å²) >= 11 is 11.6.